The van der Waals surface area contributed by atoms with E-state index in [-0.39, 0.29) is 15.9 Å². The third-order valence-corrected chi connectivity index (χ3v) is 2.16. The number of rotatable bonds is 2. The molecule has 0 saturated heterocycles. The van der Waals surface area contributed by atoms with E-state index in [0.29, 0.717) is 0 Å². The molecule has 2 nitrogen and oxygen atoms in total. The van der Waals surface area contributed by atoms with Crippen LogP contribution in [0.15, 0.2) is 6.07 Å². The standard InChI is InChI=1S/C7H6F3IN2/c8-5-4(6(9)10)1-3(2-12)13-7(5)11/h1,6H,2,12H2. The third kappa shape index (κ3) is 2.31. The van der Waals surface area contributed by atoms with Crippen LogP contribution in [0.2, 0.25) is 0 Å². The number of hydrogen-bond donors (Lipinski definition) is 1. The molecule has 13 heavy (non-hydrogen) atoms. The first-order valence-corrected chi connectivity index (χ1v) is 4.47. The van der Waals surface area contributed by atoms with E-state index in [2.05, 4.69) is 4.98 Å². The molecule has 0 radical (unpaired) electrons. The summed E-state index contributed by atoms with van der Waals surface area (Å²) in [6.07, 6.45) is -2.83. The summed E-state index contributed by atoms with van der Waals surface area (Å²) in [5.74, 6) is -0.965. The van der Waals surface area contributed by atoms with Gasteiger partial charge in [-0.05, 0) is 28.7 Å². The molecule has 0 fully saturated rings. The molecule has 1 rings (SSSR count). The van der Waals surface area contributed by atoms with Gasteiger partial charge in [-0.25, -0.2) is 18.2 Å². The van der Waals surface area contributed by atoms with E-state index < -0.39 is 17.8 Å². The van der Waals surface area contributed by atoms with Gasteiger partial charge in [0.2, 0.25) is 0 Å². The van der Waals surface area contributed by atoms with Gasteiger partial charge in [-0.2, -0.15) is 0 Å². The van der Waals surface area contributed by atoms with E-state index >= 15 is 0 Å². The Morgan fingerprint density at radius 2 is 2.15 bits per heavy atom. The lowest BCUT2D eigenvalue weighted by Crippen LogP contribution is -2.05. The van der Waals surface area contributed by atoms with Gasteiger partial charge >= 0.3 is 0 Å². The average Bonchev–Trinajstić information content (AvgIpc) is 2.09. The van der Waals surface area contributed by atoms with Crippen molar-refractivity contribution in [3.05, 3.63) is 26.8 Å². The SMILES string of the molecule is NCc1cc(C(F)F)c(F)c(I)n1. The van der Waals surface area contributed by atoms with Crippen molar-refractivity contribution in [2.45, 2.75) is 13.0 Å². The number of nitrogens with two attached hydrogens (primary N) is 1. The fourth-order valence-corrected chi connectivity index (χ4v) is 1.45. The smallest absolute Gasteiger partial charge is 0.266 e. The normalized spacial score (nSPS) is 10.9. The Morgan fingerprint density at radius 1 is 1.54 bits per heavy atom. The van der Waals surface area contributed by atoms with Crippen molar-refractivity contribution >= 4 is 22.6 Å². The van der Waals surface area contributed by atoms with Crippen LogP contribution in [0, 0.1) is 9.52 Å². The highest BCUT2D eigenvalue weighted by Crippen LogP contribution is 2.24. The van der Waals surface area contributed by atoms with Crippen molar-refractivity contribution in [1.82, 2.24) is 4.98 Å². The summed E-state index contributed by atoms with van der Waals surface area (Å²) in [7, 11) is 0. The minimum atomic E-state index is -2.83. The largest absolute Gasteiger partial charge is 0.325 e. The first-order chi connectivity index (χ1) is 6.06. The summed E-state index contributed by atoms with van der Waals surface area (Å²) < 4.78 is 37.3. The van der Waals surface area contributed by atoms with Crippen molar-refractivity contribution in [2.24, 2.45) is 5.73 Å². The van der Waals surface area contributed by atoms with E-state index in [0.717, 1.165) is 6.07 Å². The number of alkyl halides is 2. The van der Waals surface area contributed by atoms with Crippen LogP contribution in [0.4, 0.5) is 13.2 Å². The van der Waals surface area contributed by atoms with Crippen molar-refractivity contribution in [2.75, 3.05) is 0 Å². The van der Waals surface area contributed by atoms with Crippen molar-refractivity contribution in [3.8, 4) is 0 Å². The lowest BCUT2D eigenvalue weighted by molar-refractivity contribution is 0.145. The van der Waals surface area contributed by atoms with E-state index in [4.69, 9.17) is 5.73 Å². The fraction of sp³-hybridized carbons (Fsp3) is 0.286. The zero-order chi connectivity index (χ0) is 10.0. The summed E-state index contributed by atoms with van der Waals surface area (Å²) >= 11 is 1.56. The average molecular weight is 302 g/mol. The van der Waals surface area contributed by atoms with Crippen LogP contribution in [0.25, 0.3) is 0 Å². The number of halogens is 4. The molecule has 1 heterocycles. The van der Waals surface area contributed by atoms with E-state index in [1.165, 1.54) is 0 Å². The maximum atomic E-state index is 13.0. The molecule has 2 N–H and O–H groups in total. The molecule has 1 aromatic heterocycles. The van der Waals surface area contributed by atoms with E-state index in [9.17, 15) is 13.2 Å². The highest BCUT2D eigenvalue weighted by atomic mass is 127. The van der Waals surface area contributed by atoms with Gasteiger partial charge in [0.1, 0.15) is 3.70 Å². The molecule has 0 aliphatic heterocycles. The number of aromatic nitrogens is 1. The van der Waals surface area contributed by atoms with Crippen LogP contribution < -0.4 is 5.73 Å². The minimum Gasteiger partial charge on any atom is -0.325 e. The van der Waals surface area contributed by atoms with Crippen LogP contribution in [0.3, 0.4) is 0 Å². The Labute approximate surface area is 86.5 Å². The molecule has 0 aromatic carbocycles. The Bertz CT molecular complexity index is 317. The summed E-state index contributed by atoms with van der Waals surface area (Å²) in [5.41, 5.74) is 4.83. The molecular weight excluding hydrogens is 296 g/mol. The number of hydrogen-bond acceptors (Lipinski definition) is 2. The lowest BCUT2D eigenvalue weighted by Gasteiger charge is -2.05. The van der Waals surface area contributed by atoms with Crippen molar-refractivity contribution in [1.29, 1.82) is 0 Å². The molecule has 72 valence electrons. The Morgan fingerprint density at radius 3 is 2.62 bits per heavy atom. The molecule has 0 amide bonds. The van der Waals surface area contributed by atoms with Gasteiger partial charge in [0, 0.05) is 6.54 Å². The molecule has 1 aromatic rings. The van der Waals surface area contributed by atoms with Crippen LogP contribution in [0.5, 0.6) is 0 Å². The maximum Gasteiger partial charge on any atom is 0.266 e. The predicted octanol–water partition coefficient (Wildman–Crippen LogP) is 2.22. The number of pyridine rings is 1. The molecule has 6 heteroatoms. The highest BCUT2D eigenvalue weighted by molar-refractivity contribution is 14.1. The van der Waals surface area contributed by atoms with Gasteiger partial charge in [0.25, 0.3) is 6.43 Å². The molecule has 0 bridgehead atoms. The zero-order valence-electron chi connectivity index (χ0n) is 6.40. The van der Waals surface area contributed by atoms with E-state index in [1.807, 2.05) is 0 Å². The third-order valence-electron chi connectivity index (χ3n) is 1.44. The first kappa shape index (κ1) is 10.7. The zero-order valence-corrected chi connectivity index (χ0v) is 8.56. The molecule has 0 saturated carbocycles. The second-order valence-corrected chi connectivity index (χ2v) is 3.33. The van der Waals surface area contributed by atoms with E-state index in [1.54, 1.807) is 22.6 Å². The van der Waals surface area contributed by atoms with Crippen LogP contribution >= 0.6 is 22.6 Å². The van der Waals surface area contributed by atoms with Crippen molar-refractivity contribution < 1.29 is 13.2 Å². The van der Waals surface area contributed by atoms with Gasteiger partial charge in [-0.1, -0.05) is 0 Å². The van der Waals surface area contributed by atoms with Gasteiger partial charge < -0.3 is 5.73 Å². The summed E-state index contributed by atoms with van der Waals surface area (Å²) in [6, 6.07) is 0.988. The predicted molar refractivity (Wildman–Crippen MR) is 49.8 cm³/mol. The molecule has 0 spiro atoms. The Kier molecular flexibility index (Phi) is 3.48. The van der Waals surface area contributed by atoms with Gasteiger partial charge in [0.05, 0.1) is 11.3 Å². The Hall–Kier alpha value is -0.370. The summed E-state index contributed by atoms with van der Waals surface area (Å²) in [4.78, 5) is 3.69. The minimum absolute atomic E-state index is 0.0238. The van der Waals surface area contributed by atoms with Crippen LogP contribution in [0.1, 0.15) is 17.7 Å². The van der Waals surface area contributed by atoms with Crippen LogP contribution in [-0.2, 0) is 6.54 Å². The second kappa shape index (κ2) is 4.23. The highest BCUT2D eigenvalue weighted by Gasteiger charge is 2.17. The maximum absolute atomic E-state index is 13.0. The van der Waals surface area contributed by atoms with Gasteiger partial charge in [-0.15, -0.1) is 0 Å². The fourth-order valence-electron chi connectivity index (χ4n) is 0.833. The Balaban J connectivity index is 3.25. The molecule has 0 aliphatic carbocycles. The molecule has 0 unspecified atom stereocenters. The lowest BCUT2D eigenvalue weighted by atomic mass is 10.2. The molecule has 0 aliphatic rings. The molecule has 0 atom stereocenters. The van der Waals surface area contributed by atoms with Crippen LogP contribution in [-0.4, -0.2) is 4.98 Å². The molecular formula is C7H6F3IN2. The number of nitrogens with zero attached hydrogens (tertiary/aromatic N) is 1. The van der Waals surface area contributed by atoms with Gasteiger partial charge in [0.15, 0.2) is 5.82 Å². The first-order valence-electron chi connectivity index (χ1n) is 3.39. The second-order valence-electron chi connectivity index (χ2n) is 2.31. The quantitative estimate of drug-likeness (QED) is 0.672. The summed E-state index contributed by atoms with van der Waals surface area (Å²) in [5, 5.41) is 0. The van der Waals surface area contributed by atoms with Gasteiger partial charge in [-0.3, -0.25) is 0 Å². The topological polar surface area (TPSA) is 38.9 Å². The van der Waals surface area contributed by atoms with Crippen molar-refractivity contribution in [3.63, 3.8) is 0 Å². The monoisotopic (exact) mass is 302 g/mol. The summed E-state index contributed by atoms with van der Waals surface area (Å²) in [6.45, 7) is 0.0238.